The molecule has 0 saturated heterocycles. The lowest BCUT2D eigenvalue weighted by atomic mass is 9.86. The zero-order valence-electron chi connectivity index (χ0n) is 22.3. The summed E-state index contributed by atoms with van der Waals surface area (Å²) in [6, 6.07) is 2.74. The molecule has 2 aliphatic rings. The van der Waals surface area contributed by atoms with Gasteiger partial charge in [-0.2, -0.15) is 8.70 Å². The third-order valence-electron chi connectivity index (χ3n) is 7.15. The minimum Gasteiger partial charge on any atom is -0.461 e. The minimum absolute atomic E-state index is 0.00196. The Morgan fingerprint density at radius 2 is 1.92 bits per heavy atom. The van der Waals surface area contributed by atoms with Crippen molar-refractivity contribution in [2.24, 2.45) is 5.92 Å². The Labute approximate surface area is 227 Å². The number of halogens is 3. The normalized spacial score (nSPS) is 22.0. The highest BCUT2D eigenvalue weighted by atomic mass is 32.2. The standard InChI is InChI=1S/C26H37F3N2O5S2/c1-5-7-8-19-16-31(15-18-9-11-26(28,29)12-10-18)21-13-23(37-4)22(14-24(21)38(33,34)30(19)3)36-17-20(27)25(32)35-6-2/h13-14,17-19H,5-12,15-16H2,1-4H3/b20-17-. The van der Waals surface area contributed by atoms with E-state index in [0.717, 1.165) is 12.8 Å². The molecule has 0 spiro atoms. The number of benzene rings is 1. The van der Waals surface area contributed by atoms with Crippen LogP contribution in [0.5, 0.6) is 5.75 Å². The van der Waals surface area contributed by atoms with Gasteiger partial charge < -0.3 is 14.4 Å². The van der Waals surface area contributed by atoms with E-state index in [0.29, 0.717) is 49.2 Å². The van der Waals surface area contributed by atoms with E-state index < -0.39 is 27.7 Å². The lowest BCUT2D eigenvalue weighted by Gasteiger charge is -2.35. The summed E-state index contributed by atoms with van der Waals surface area (Å²) < 4.78 is 80.7. The molecule has 0 bridgehead atoms. The number of nitrogens with zero attached hydrogens (tertiary/aromatic N) is 2. The molecule has 0 N–H and O–H groups in total. The second kappa shape index (κ2) is 13.0. The predicted octanol–water partition coefficient (Wildman–Crippen LogP) is 5.99. The Balaban J connectivity index is 2.04. The van der Waals surface area contributed by atoms with E-state index in [4.69, 9.17) is 4.74 Å². The Kier molecular flexibility index (Phi) is 10.4. The van der Waals surface area contributed by atoms with Gasteiger partial charge in [0.05, 0.1) is 17.2 Å². The minimum atomic E-state index is -3.96. The van der Waals surface area contributed by atoms with E-state index in [-0.39, 0.29) is 42.1 Å². The molecule has 7 nitrogen and oxygen atoms in total. The first kappa shape index (κ1) is 30.6. The van der Waals surface area contributed by atoms with Crippen molar-refractivity contribution in [1.29, 1.82) is 0 Å². The highest BCUT2D eigenvalue weighted by molar-refractivity contribution is 7.98. The van der Waals surface area contributed by atoms with E-state index in [1.54, 1.807) is 26.3 Å². The molecule has 1 saturated carbocycles. The topological polar surface area (TPSA) is 76.1 Å². The van der Waals surface area contributed by atoms with Crippen molar-refractivity contribution in [3.05, 3.63) is 24.2 Å². The molecule has 1 atom stereocenters. The number of alkyl halides is 2. The molecule has 0 amide bonds. The molecular weight excluding hydrogens is 541 g/mol. The Morgan fingerprint density at radius 3 is 2.53 bits per heavy atom. The van der Waals surface area contributed by atoms with Gasteiger partial charge in [-0.25, -0.2) is 22.0 Å². The van der Waals surface area contributed by atoms with Crippen molar-refractivity contribution in [2.45, 2.75) is 80.5 Å². The third kappa shape index (κ3) is 7.18. The summed E-state index contributed by atoms with van der Waals surface area (Å²) in [5.41, 5.74) is 0.472. The van der Waals surface area contributed by atoms with Gasteiger partial charge >= 0.3 is 5.97 Å². The van der Waals surface area contributed by atoms with Gasteiger partial charge in [0.15, 0.2) is 0 Å². The fourth-order valence-corrected chi connectivity index (χ4v) is 7.02. The number of anilines is 1. The molecule has 1 heterocycles. The second-order valence-electron chi connectivity index (χ2n) is 9.80. The number of likely N-dealkylation sites (N-methyl/N-ethyl adjacent to an activating group) is 1. The molecule has 1 aromatic carbocycles. The number of sulfonamides is 1. The van der Waals surface area contributed by atoms with Gasteiger partial charge in [0, 0.05) is 45.1 Å². The second-order valence-corrected chi connectivity index (χ2v) is 12.6. The number of carbonyl (C=O) groups is 1. The average molecular weight is 579 g/mol. The van der Waals surface area contributed by atoms with E-state index in [9.17, 15) is 26.4 Å². The van der Waals surface area contributed by atoms with Gasteiger partial charge in [0.1, 0.15) is 16.9 Å². The highest BCUT2D eigenvalue weighted by Crippen LogP contribution is 2.43. The largest absolute Gasteiger partial charge is 0.461 e. The van der Waals surface area contributed by atoms with Gasteiger partial charge in [-0.3, -0.25) is 0 Å². The molecule has 12 heteroatoms. The van der Waals surface area contributed by atoms with Gasteiger partial charge in [-0.05, 0) is 44.4 Å². The van der Waals surface area contributed by atoms with Gasteiger partial charge in [0.25, 0.3) is 0 Å². The zero-order chi connectivity index (χ0) is 28.1. The van der Waals surface area contributed by atoms with Crippen LogP contribution in [0.15, 0.2) is 34.0 Å². The van der Waals surface area contributed by atoms with Crippen LogP contribution in [0.4, 0.5) is 18.9 Å². The smallest absolute Gasteiger partial charge is 0.370 e. The summed E-state index contributed by atoms with van der Waals surface area (Å²) in [5.74, 6) is -4.98. The van der Waals surface area contributed by atoms with Crippen LogP contribution in [0.3, 0.4) is 0 Å². The lowest BCUT2D eigenvalue weighted by molar-refractivity contribution is -0.140. The Bertz CT molecular complexity index is 1120. The lowest BCUT2D eigenvalue weighted by Crippen LogP contribution is -2.43. The first-order valence-electron chi connectivity index (χ1n) is 13.0. The molecule has 1 aliphatic heterocycles. The van der Waals surface area contributed by atoms with Crippen molar-refractivity contribution in [2.75, 3.05) is 37.9 Å². The Morgan fingerprint density at radius 1 is 1.24 bits per heavy atom. The summed E-state index contributed by atoms with van der Waals surface area (Å²) in [7, 11) is -2.41. The van der Waals surface area contributed by atoms with E-state index >= 15 is 0 Å². The predicted molar refractivity (Wildman–Crippen MR) is 142 cm³/mol. The fraction of sp³-hybridized carbons (Fsp3) is 0.654. The average Bonchev–Trinajstić information content (AvgIpc) is 2.95. The molecule has 38 heavy (non-hydrogen) atoms. The van der Waals surface area contributed by atoms with Gasteiger partial charge in [0.2, 0.25) is 21.8 Å². The number of esters is 1. The maximum atomic E-state index is 14.1. The number of fused-ring (bicyclic) bond motifs is 1. The summed E-state index contributed by atoms with van der Waals surface area (Å²) in [5, 5.41) is 0. The maximum absolute atomic E-state index is 14.1. The van der Waals surface area contributed by atoms with Crippen molar-refractivity contribution >= 4 is 33.4 Å². The van der Waals surface area contributed by atoms with E-state index in [1.165, 1.54) is 22.1 Å². The number of ether oxygens (including phenoxy) is 2. The fourth-order valence-electron chi connectivity index (χ4n) is 4.90. The number of thioether (sulfide) groups is 1. The van der Waals surface area contributed by atoms with E-state index in [2.05, 4.69) is 4.74 Å². The van der Waals surface area contributed by atoms with Crippen LogP contribution in [0.2, 0.25) is 0 Å². The number of unbranched alkanes of at least 4 members (excludes halogenated alkanes) is 1. The number of rotatable bonds is 10. The Hall–Kier alpha value is -1.92. The highest BCUT2D eigenvalue weighted by Gasteiger charge is 2.40. The number of hydrogen-bond donors (Lipinski definition) is 0. The summed E-state index contributed by atoms with van der Waals surface area (Å²) in [6.45, 7) is 4.47. The summed E-state index contributed by atoms with van der Waals surface area (Å²) >= 11 is 1.28. The van der Waals surface area contributed by atoms with Crippen LogP contribution < -0.4 is 9.64 Å². The van der Waals surface area contributed by atoms with E-state index in [1.807, 2.05) is 11.8 Å². The first-order valence-corrected chi connectivity index (χ1v) is 15.6. The van der Waals surface area contributed by atoms with Crippen molar-refractivity contribution in [3.63, 3.8) is 0 Å². The SMILES string of the molecule is CCCCC1CN(CC2CCC(F)(F)CC2)c2cc(SC)c(O/C=C(\F)C(=O)OCC)cc2S(=O)(=O)N1C. The molecule has 1 fully saturated rings. The van der Waals surface area contributed by atoms with Crippen molar-refractivity contribution in [3.8, 4) is 5.75 Å². The molecule has 1 unspecified atom stereocenters. The molecule has 1 aromatic rings. The van der Waals surface area contributed by atoms with Crippen LogP contribution in [0.1, 0.15) is 58.8 Å². The summed E-state index contributed by atoms with van der Waals surface area (Å²) in [4.78, 5) is 14.2. The maximum Gasteiger partial charge on any atom is 0.370 e. The van der Waals surface area contributed by atoms with Crippen LogP contribution in [-0.2, 0) is 19.6 Å². The monoisotopic (exact) mass is 578 g/mol. The van der Waals surface area contributed by atoms with Crippen LogP contribution in [0, 0.1) is 5.92 Å². The number of carbonyl (C=O) groups excluding carboxylic acids is 1. The zero-order valence-corrected chi connectivity index (χ0v) is 24.0. The molecule has 3 rings (SSSR count). The van der Waals surface area contributed by atoms with Crippen LogP contribution in [-0.4, -0.2) is 63.7 Å². The first-order chi connectivity index (χ1) is 17.9. The number of hydrogen-bond acceptors (Lipinski definition) is 7. The van der Waals surface area contributed by atoms with Gasteiger partial charge in [-0.1, -0.05) is 19.8 Å². The quantitative estimate of drug-likeness (QED) is 0.146. The molecule has 0 radical (unpaired) electrons. The van der Waals surface area contributed by atoms with Crippen LogP contribution >= 0.6 is 11.8 Å². The molecule has 1 aliphatic carbocycles. The molecular formula is C26H37F3N2O5S2. The van der Waals surface area contributed by atoms with Crippen molar-refractivity contribution < 1.29 is 35.9 Å². The summed E-state index contributed by atoms with van der Waals surface area (Å²) in [6.07, 6.45) is 5.19. The third-order valence-corrected chi connectivity index (χ3v) is 9.85. The van der Waals surface area contributed by atoms with Crippen molar-refractivity contribution in [1.82, 2.24) is 4.31 Å². The van der Waals surface area contributed by atoms with Crippen LogP contribution in [0.25, 0.3) is 0 Å². The van der Waals surface area contributed by atoms with Gasteiger partial charge in [-0.15, -0.1) is 11.8 Å². The molecule has 0 aromatic heterocycles. The molecule has 214 valence electrons.